The number of benzene rings is 1. The molecule has 132 valence electrons. The fourth-order valence-electron chi connectivity index (χ4n) is 2.21. The van der Waals surface area contributed by atoms with E-state index in [2.05, 4.69) is 15.0 Å². The number of aromatic nitrogens is 1. The van der Waals surface area contributed by atoms with E-state index in [-0.39, 0.29) is 29.7 Å². The molecule has 9 nitrogen and oxygen atoms in total. The molecule has 0 saturated heterocycles. The van der Waals surface area contributed by atoms with Gasteiger partial charge in [0.05, 0.1) is 4.92 Å². The van der Waals surface area contributed by atoms with Gasteiger partial charge in [0.2, 0.25) is 5.91 Å². The van der Waals surface area contributed by atoms with Crippen molar-refractivity contribution in [2.24, 2.45) is 0 Å². The lowest BCUT2D eigenvalue weighted by molar-refractivity contribution is -0.385. The molecule has 1 aromatic heterocycles. The van der Waals surface area contributed by atoms with E-state index in [1.165, 1.54) is 35.4 Å². The minimum atomic E-state index is -0.539. The molecule has 0 spiro atoms. The monoisotopic (exact) mass is 346 g/mol. The molecule has 2 rings (SSSR count). The second kappa shape index (κ2) is 7.56. The van der Waals surface area contributed by atoms with E-state index in [0.717, 1.165) is 0 Å². The topological polar surface area (TPSA) is 119 Å². The van der Waals surface area contributed by atoms with Crippen LogP contribution >= 0.6 is 0 Å². The molecule has 1 N–H and O–H groups in total. The lowest BCUT2D eigenvalue weighted by Crippen LogP contribution is -2.42. The molecule has 9 heteroatoms. The number of rotatable bonds is 6. The van der Waals surface area contributed by atoms with E-state index in [4.69, 9.17) is 0 Å². The van der Waals surface area contributed by atoms with Gasteiger partial charge < -0.3 is 14.7 Å². The molecular weight excluding hydrogens is 328 g/mol. The Kier molecular flexibility index (Phi) is 5.48. The quantitative estimate of drug-likeness (QED) is 0.633. The van der Waals surface area contributed by atoms with Crippen molar-refractivity contribution in [3.05, 3.63) is 51.8 Å². The number of nitro groups is 1. The second-order valence-corrected chi connectivity index (χ2v) is 5.72. The van der Waals surface area contributed by atoms with Crippen molar-refractivity contribution in [1.82, 2.24) is 10.1 Å². The fourth-order valence-corrected chi connectivity index (χ4v) is 2.21. The average Bonchev–Trinajstić information content (AvgIpc) is 3.04. The molecule has 0 aliphatic rings. The third-order valence-corrected chi connectivity index (χ3v) is 3.56. The van der Waals surface area contributed by atoms with Crippen molar-refractivity contribution >= 4 is 23.3 Å². The van der Waals surface area contributed by atoms with Crippen LogP contribution in [-0.4, -0.2) is 39.4 Å². The number of carbonyl (C=O) groups is 2. The maximum absolute atomic E-state index is 12.7. The van der Waals surface area contributed by atoms with Gasteiger partial charge in [-0.05, 0) is 26.8 Å². The van der Waals surface area contributed by atoms with Crippen LogP contribution in [0.2, 0.25) is 0 Å². The predicted molar refractivity (Wildman–Crippen MR) is 89.1 cm³/mol. The summed E-state index contributed by atoms with van der Waals surface area (Å²) >= 11 is 0. The minimum absolute atomic E-state index is 0.137. The van der Waals surface area contributed by atoms with Crippen molar-refractivity contribution in [3.8, 4) is 0 Å². The zero-order valence-electron chi connectivity index (χ0n) is 14.1. The molecule has 25 heavy (non-hydrogen) atoms. The van der Waals surface area contributed by atoms with E-state index in [0.29, 0.717) is 5.56 Å². The molecule has 0 fully saturated rings. The van der Waals surface area contributed by atoms with Crippen molar-refractivity contribution in [3.63, 3.8) is 0 Å². The van der Waals surface area contributed by atoms with Crippen LogP contribution in [0.25, 0.3) is 0 Å². The Labute approximate surface area is 143 Å². The van der Waals surface area contributed by atoms with Gasteiger partial charge in [-0.3, -0.25) is 19.7 Å². The third-order valence-electron chi connectivity index (χ3n) is 3.56. The number of aryl methyl sites for hydroxylation is 1. The van der Waals surface area contributed by atoms with Gasteiger partial charge in [0, 0.05) is 29.3 Å². The molecule has 1 aromatic carbocycles. The number of hydrogen-bond acceptors (Lipinski definition) is 6. The van der Waals surface area contributed by atoms with Crippen LogP contribution < -0.4 is 5.32 Å². The number of carbonyl (C=O) groups excluding carboxylic acids is 2. The Morgan fingerprint density at radius 2 is 2.08 bits per heavy atom. The van der Waals surface area contributed by atoms with Crippen LogP contribution in [-0.2, 0) is 4.79 Å². The highest BCUT2D eigenvalue weighted by molar-refractivity contribution is 5.99. The van der Waals surface area contributed by atoms with Crippen LogP contribution in [0.5, 0.6) is 0 Å². The molecule has 2 amide bonds. The van der Waals surface area contributed by atoms with Crippen molar-refractivity contribution in [2.75, 3.05) is 11.9 Å². The van der Waals surface area contributed by atoms with Gasteiger partial charge >= 0.3 is 0 Å². The Balaban J connectivity index is 2.19. The highest BCUT2D eigenvalue weighted by Crippen LogP contribution is 2.21. The molecule has 2 aromatic rings. The first-order valence-corrected chi connectivity index (χ1v) is 7.56. The standard InChI is InChI=1S/C16H18N4O5/c1-10(2)19(9-15(21)17-14-6-7-25-18-14)16(22)12-5-4-11(3)13(8-12)20(23)24/h4-8,10H,9H2,1-3H3,(H,17,18,21). The van der Waals surface area contributed by atoms with Crippen LogP contribution in [0, 0.1) is 17.0 Å². The fraction of sp³-hybridized carbons (Fsp3) is 0.312. The van der Waals surface area contributed by atoms with Crippen LogP contribution in [0.15, 0.2) is 35.1 Å². The van der Waals surface area contributed by atoms with Gasteiger partial charge in [-0.1, -0.05) is 11.2 Å². The highest BCUT2D eigenvalue weighted by Gasteiger charge is 2.24. The molecule has 1 heterocycles. The van der Waals surface area contributed by atoms with Gasteiger partial charge in [-0.25, -0.2) is 0 Å². The van der Waals surface area contributed by atoms with Crippen molar-refractivity contribution in [2.45, 2.75) is 26.8 Å². The van der Waals surface area contributed by atoms with Gasteiger partial charge in [-0.15, -0.1) is 0 Å². The van der Waals surface area contributed by atoms with Crippen LogP contribution in [0.3, 0.4) is 0 Å². The maximum atomic E-state index is 12.7. The first kappa shape index (κ1) is 18.1. The summed E-state index contributed by atoms with van der Waals surface area (Å²) in [5, 5.41) is 17.1. The number of nitrogens with one attached hydrogen (secondary N) is 1. The molecule has 0 atom stereocenters. The molecule has 0 unspecified atom stereocenters. The first-order chi connectivity index (χ1) is 11.8. The van der Waals surface area contributed by atoms with Crippen LogP contribution in [0.4, 0.5) is 11.5 Å². The number of anilines is 1. The number of nitro benzene ring substituents is 1. The van der Waals surface area contributed by atoms with Crippen molar-refractivity contribution in [1.29, 1.82) is 0 Å². The Morgan fingerprint density at radius 1 is 1.36 bits per heavy atom. The summed E-state index contributed by atoms with van der Waals surface area (Å²) < 4.78 is 4.62. The molecule has 0 bridgehead atoms. The zero-order valence-corrected chi connectivity index (χ0v) is 14.1. The molecule has 0 saturated carbocycles. The summed E-state index contributed by atoms with van der Waals surface area (Å²) in [6, 6.07) is 5.44. The SMILES string of the molecule is Cc1ccc(C(=O)N(CC(=O)Nc2ccon2)C(C)C)cc1[N+](=O)[O-]. The Bertz CT molecular complexity index is 786. The normalized spacial score (nSPS) is 10.6. The largest absolute Gasteiger partial charge is 0.363 e. The van der Waals surface area contributed by atoms with E-state index in [1.54, 1.807) is 20.8 Å². The Morgan fingerprint density at radius 3 is 2.64 bits per heavy atom. The summed E-state index contributed by atoms with van der Waals surface area (Å²) in [7, 11) is 0. The molecule has 0 aliphatic carbocycles. The van der Waals surface area contributed by atoms with Gasteiger partial charge in [0.25, 0.3) is 11.6 Å². The minimum Gasteiger partial charge on any atom is -0.363 e. The smallest absolute Gasteiger partial charge is 0.273 e. The number of nitrogens with zero attached hydrogens (tertiary/aromatic N) is 3. The molecule has 0 radical (unpaired) electrons. The highest BCUT2D eigenvalue weighted by atomic mass is 16.6. The lowest BCUT2D eigenvalue weighted by Gasteiger charge is -2.26. The molecule has 0 aliphatic heterocycles. The summed E-state index contributed by atoms with van der Waals surface area (Å²) in [4.78, 5) is 36.6. The number of hydrogen-bond donors (Lipinski definition) is 1. The van der Waals surface area contributed by atoms with Gasteiger partial charge in [-0.2, -0.15) is 0 Å². The summed E-state index contributed by atoms with van der Waals surface area (Å²) in [5.74, 6) is -0.668. The number of amides is 2. The van der Waals surface area contributed by atoms with Crippen LogP contribution in [0.1, 0.15) is 29.8 Å². The van der Waals surface area contributed by atoms with Crippen molar-refractivity contribution < 1.29 is 19.0 Å². The second-order valence-electron chi connectivity index (χ2n) is 5.72. The zero-order chi connectivity index (χ0) is 18.6. The third kappa shape index (κ3) is 4.40. The van der Waals surface area contributed by atoms with E-state index in [9.17, 15) is 19.7 Å². The predicted octanol–water partition coefficient (Wildman–Crippen LogP) is 2.38. The summed E-state index contributed by atoms with van der Waals surface area (Å²) in [5.41, 5.74) is 0.475. The van der Waals surface area contributed by atoms with Gasteiger partial charge in [0.1, 0.15) is 12.8 Å². The Hall–Kier alpha value is -3.23. The van der Waals surface area contributed by atoms with E-state index in [1.807, 2.05) is 0 Å². The van der Waals surface area contributed by atoms with Gasteiger partial charge in [0.15, 0.2) is 5.82 Å². The molecular formula is C16H18N4O5. The average molecular weight is 346 g/mol. The summed E-state index contributed by atoms with van der Waals surface area (Å²) in [6.45, 7) is 4.89. The van der Waals surface area contributed by atoms with E-state index >= 15 is 0 Å². The summed E-state index contributed by atoms with van der Waals surface area (Å²) in [6.07, 6.45) is 1.31. The van der Waals surface area contributed by atoms with E-state index < -0.39 is 16.7 Å². The maximum Gasteiger partial charge on any atom is 0.273 e. The lowest BCUT2D eigenvalue weighted by atomic mass is 10.1. The first-order valence-electron chi connectivity index (χ1n) is 7.56.